The van der Waals surface area contributed by atoms with Crippen LogP contribution in [0, 0.1) is 0 Å². The molecule has 0 saturated carbocycles. The van der Waals surface area contributed by atoms with Gasteiger partial charge in [-0.25, -0.2) is 15.0 Å². The Morgan fingerprint density at radius 1 is 0.255 bits per heavy atom. The van der Waals surface area contributed by atoms with Gasteiger partial charge in [-0.05, 0) is 106 Å². The average Bonchev–Trinajstić information content (AvgIpc) is 3.95. The van der Waals surface area contributed by atoms with Gasteiger partial charge in [0.05, 0.1) is 30.6 Å². The molecule has 51 heavy (non-hydrogen) atoms. The predicted molar refractivity (Wildman–Crippen MR) is 219 cm³/mol. The molecule has 240 valence electrons. The number of benzene rings is 7. The van der Waals surface area contributed by atoms with E-state index in [4.69, 9.17) is 15.0 Å². The molecule has 0 aliphatic rings. The number of aromatic nitrogens is 3. The molecular formula is C45H27N3S3. The molecule has 0 radical (unpaired) electrons. The summed E-state index contributed by atoms with van der Waals surface area (Å²) in [6.45, 7) is 0. The maximum absolute atomic E-state index is 4.96. The molecule has 6 heteroatoms. The molecule has 0 aliphatic carbocycles. The number of hydrogen-bond acceptors (Lipinski definition) is 6. The standard InChI is InChI=1S/C45H27N3S3/c1-4-19-40-37(16-1)46-43(49-40)31-13-7-10-28(22-31)34-25-35(29-11-8-14-32(23-29)44-47-38-17-2-5-20-41(38)50-44)27-36(26-34)30-12-9-15-33(24-30)45-48-39-18-3-6-21-42(39)51-45/h1-27H. The van der Waals surface area contributed by atoms with Crippen LogP contribution in [0.25, 0.3) is 95.7 Å². The summed E-state index contributed by atoms with van der Waals surface area (Å²) in [4.78, 5) is 14.9. The summed E-state index contributed by atoms with van der Waals surface area (Å²) in [7, 11) is 0. The molecule has 0 fully saturated rings. The van der Waals surface area contributed by atoms with Gasteiger partial charge in [0.2, 0.25) is 0 Å². The molecule has 0 aliphatic heterocycles. The predicted octanol–water partition coefficient (Wildman–Crippen LogP) is 13.5. The van der Waals surface area contributed by atoms with Crippen molar-refractivity contribution in [3.05, 3.63) is 164 Å². The Labute approximate surface area is 306 Å². The van der Waals surface area contributed by atoms with Gasteiger partial charge in [-0.1, -0.05) is 91.0 Å². The minimum atomic E-state index is 1.03. The SMILES string of the molecule is c1cc(-c2cc(-c3cccc(-c4nc5ccccc5s4)c3)cc(-c3cccc(-c4nc5ccccc5s4)c3)c2)cc(-c2nc3ccccc3s2)c1. The van der Waals surface area contributed by atoms with Crippen molar-refractivity contribution in [3.8, 4) is 65.1 Å². The maximum atomic E-state index is 4.96. The van der Waals surface area contributed by atoms with Gasteiger partial charge in [0.25, 0.3) is 0 Å². The first kappa shape index (κ1) is 30.1. The molecule has 0 bridgehead atoms. The molecule has 0 atom stereocenters. The summed E-state index contributed by atoms with van der Waals surface area (Å²) in [5, 5.41) is 3.09. The van der Waals surface area contributed by atoms with Crippen molar-refractivity contribution in [1.29, 1.82) is 0 Å². The second-order valence-corrected chi connectivity index (χ2v) is 15.6. The largest absolute Gasteiger partial charge is 0.236 e. The van der Waals surface area contributed by atoms with Crippen molar-refractivity contribution in [1.82, 2.24) is 15.0 Å². The minimum Gasteiger partial charge on any atom is -0.236 e. The number of fused-ring (bicyclic) bond motifs is 3. The monoisotopic (exact) mass is 705 g/mol. The molecule has 0 saturated heterocycles. The number of para-hydroxylation sites is 3. The van der Waals surface area contributed by atoms with Crippen LogP contribution in [0.2, 0.25) is 0 Å². The summed E-state index contributed by atoms with van der Waals surface area (Å²) in [5.74, 6) is 0. The van der Waals surface area contributed by atoms with Crippen LogP contribution >= 0.6 is 34.0 Å². The highest BCUT2D eigenvalue weighted by molar-refractivity contribution is 7.22. The van der Waals surface area contributed by atoms with Crippen molar-refractivity contribution < 1.29 is 0 Å². The van der Waals surface area contributed by atoms with E-state index in [1.165, 1.54) is 14.1 Å². The van der Waals surface area contributed by atoms with Gasteiger partial charge in [-0.15, -0.1) is 34.0 Å². The molecule has 3 aromatic heterocycles. The second kappa shape index (κ2) is 12.5. The summed E-state index contributed by atoms with van der Waals surface area (Å²) in [5.41, 5.74) is 13.4. The van der Waals surface area contributed by atoms with Gasteiger partial charge in [0, 0.05) is 16.7 Å². The third kappa shape index (κ3) is 5.73. The molecule has 0 amide bonds. The van der Waals surface area contributed by atoms with Gasteiger partial charge >= 0.3 is 0 Å². The van der Waals surface area contributed by atoms with Crippen molar-refractivity contribution in [2.75, 3.05) is 0 Å². The van der Waals surface area contributed by atoms with Gasteiger partial charge in [-0.3, -0.25) is 0 Å². The van der Waals surface area contributed by atoms with Crippen molar-refractivity contribution in [3.63, 3.8) is 0 Å². The molecule has 7 aromatic carbocycles. The van der Waals surface area contributed by atoms with Crippen LogP contribution in [-0.4, -0.2) is 15.0 Å². The van der Waals surface area contributed by atoms with Crippen molar-refractivity contribution in [2.45, 2.75) is 0 Å². The summed E-state index contributed by atoms with van der Waals surface area (Å²) >= 11 is 5.21. The van der Waals surface area contributed by atoms with E-state index in [-0.39, 0.29) is 0 Å². The first-order valence-electron chi connectivity index (χ1n) is 16.7. The number of nitrogens with zero attached hydrogens (tertiary/aromatic N) is 3. The summed E-state index contributed by atoms with van der Waals surface area (Å²) in [6, 6.07) is 58.3. The van der Waals surface area contributed by atoms with Crippen LogP contribution in [-0.2, 0) is 0 Å². The Morgan fingerprint density at radius 3 is 0.843 bits per heavy atom. The molecule has 10 aromatic rings. The normalized spacial score (nSPS) is 11.5. The van der Waals surface area contributed by atoms with E-state index in [0.29, 0.717) is 0 Å². The maximum Gasteiger partial charge on any atom is 0.124 e. The van der Waals surface area contributed by atoms with Crippen molar-refractivity contribution >= 4 is 64.7 Å². The molecule has 0 N–H and O–H groups in total. The van der Waals surface area contributed by atoms with Crippen molar-refractivity contribution in [2.24, 2.45) is 0 Å². The second-order valence-electron chi connectivity index (χ2n) is 12.5. The fourth-order valence-corrected chi connectivity index (χ4v) is 9.50. The fraction of sp³-hybridized carbons (Fsp3) is 0. The zero-order valence-electron chi connectivity index (χ0n) is 27.2. The third-order valence-electron chi connectivity index (χ3n) is 9.14. The average molecular weight is 706 g/mol. The van der Waals surface area contributed by atoms with Crippen LogP contribution in [0.3, 0.4) is 0 Å². The Balaban J connectivity index is 1.11. The van der Waals surface area contributed by atoms with Gasteiger partial charge < -0.3 is 0 Å². The van der Waals surface area contributed by atoms with Gasteiger partial charge in [-0.2, -0.15) is 0 Å². The first-order valence-corrected chi connectivity index (χ1v) is 19.2. The highest BCUT2D eigenvalue weighted by Crippen LogP contribution is 2.39. The van der Waals surface area contributed by atoms with Gasteiger partial charge in [0.1, 0.15) is 15.0 Å². The van der Waals surface area contributed by atoms with Gasteiger partial charge in [0.15, 0.2) is 0 Å². The smallest absolute Gasteiger partial charge is 0.124 e. The Bertz CT molecular complexity index is 2470. The quantitative estimate of drug-likeness (QED) is 0.173. The first-order chi connectivity index (χ1) is 25.2. The molecule has 3 nitrogen and oxygen atoms in total. The topological polar surface area (TPSA) is 38.7 Å². The highest BCUT2D eigenvalue weighted by atomic mass is 32.1. The fourth-order valence-electron chi connectivity index (χ4n) is 6.61. The lowest BCUT2D eigenvalue weighted by Gasteiger charge is -2.13. The molecule has 0 spiro atoms. The van der Waals surface area contributed by atoms with E-state index in [2.05, 4.69) is 146 Å². The van der Waals surface area contributed by atoms with E-state index < -0.39 is 0 Å². The van der Waals surface area contributed by atoms with E-state index >= 15 is 0 Å². The lowest BCUT2D eigenvalue weighted by atomic mass is 9.92. The van der Waals surface area contributed by atoms with E-state index in [1.807, 2.05) is 18.2 Å². The number of thiazole rings is 3. The molecular weight excluding hydrogens is 679 g/mol. The van der Waals surface area contributed by atoms with Crippen LogP contribution in [0.15, 0.2) is 164 Å². The van der Waals surface area contributed by atoms with Crippen LogP contribution < -0.4 is 0 Å². The lowest BCUT2D eigenvalue weighted by Crippen LogP contribution is -1.88. The zero-order valence-corrected chi connectivity index (χ0v) is 29.6. The lowest BCUT2D eigenvalue weighted by molar-refractivity contribution is 1.47. The zero-order chi connectivity index (χ0) is 33.7. The van der Waals surface area contributed by atoms with E-state index in [0.717, 1.165) is 81.6 Å². The van der Waals surface area contributed by atoms with Crippen LogP contribution in [0.4, 0.5) is 0 Å². The Hall–Kier alpha value is -5.79. The minimum absolute atomic E-state index is 1.03. The molecule has 10 rings (SSSR count). The molecule has 3 heterocycles. The number of rotatable bonds is 6. The van der Waals surface area contributed by atoms with E-state index in [9.17, 15) is 0 Å². The Morgan fingerprint density at radius 2 is 0.529 bits per heavy atom. The third-order valence-corrected chi connectivity index (χ3v) is 12.4. The molecule has 0 unspecified atom stereocenters. The number of hydrogen-bond donors (Lipinski definition) is 0. The Kier molecular flexibility index (Phi) is 7.38. The summed E-state index contributed by atoms with van der Waals surface area (Å²) < 4.78 is 3.59. The van der Waals surface area contributed by atoms with Crippen LogP contribution in [0.5, 0.6) is 0 Å². The van der Waals surface area contributed by atoms with Crippen LogP contribution in [0.1, 0.15) is 0 Å². The highest BCUT2D eigenvalue weighted by Gasteiger charge is 2.14. The van der Waals surface area contributed by atoms with E-state index in [1.54, 1.807) is 34.0 Å². The summed E-state index contributed by atoms with van der Waals surface area (Å²) in [6.07, 6.45) is 0.